The Bertz CT molecular complexity index is 902. The number of hydrogen-bond acceptors (Lipinski definition) is 2. The Balaban J connectivity index is 1.56. The summed E-state index contributed by atoms with van der Waals surface area (Å²) >= 11 is 0. The summed E-state index contributed by atoms with van der Waals surface area (Å²) in [5.74, 6) is 0.646. The second kappa shape index (κ2) is 11.0. The first-order valence-corrected chi connectivity index (χ1v) is 10.9. The van der Waals surface area contributed by atoms with Gasteiger partial charge in [-0.2, -0.15) is 13.2 Å². The van der Waals surface area contributed by atoms with Crippen LogP contribution in [0.25, 0.3) is 0 Å². The molecule has 1 amide bonds. The number of likely N-dealkylation sites (tertiary alicyclic amines) is 1. The number of amides is 1. The zero-order valence-corrected chi connectivity index (χ0v) is 18.2. The molecule has 0 aromatic heterocycles. The van der Waals surface area contributed by atoms with Crippen LogP contribution in [0.4, 0.5) is 13.2 Å². The van der Waals surface area contributed by atoms with Gasteiger partial charge >= 0.3 is 6.18 Å². The quantitative estimate of drug-likeness (QED) is 0.504. The van der Waals surface area contributed by atoms with Crippen LogP contribution in [0.5, 0.6) is 0 Å². The van der Waals surface area contributed by atoms with Crippen molar-refractivity contribution in [3.8, 4) is 0 Å². The lowest BCUT2D eigenvalue weighted by molar-refractivity contribution is -0.137. The first-order valence-electron chi connectivity index (χ1n) is 10.9. The molecular formula is C24H29F3N4O. The van der Waals surface area contributed by atoms with Gasteiger partial charge in [-0.25, -0.2) is 4.99 Å². The molecule has 0 saturated carbocycles. The van der Waals surface area contributed by atoms with E-state index in [-0.39, 0.29) is 5.91 Å². The second-order valence-corrected chi connectivity index (χ2v) is 7.79. The van der Waals surface area contributed by atoms with Gasteiger partial charge in [-0.05, 0) is 61.6 Å². The molecule has 0 spiro atoms. The molecule has 2 N–H and O–H groups in total. The van der Waals surface area contributed by atoms with Crippen LogP contribution >= 0.6 is 0 Å². The summed E-state index contributed by atoms with van der Waals surface area (Å²) in [7, 11) is 0. The molecule has 0 bridgehead atoms. The maximum atomic E-state index is 12.7. The molecule has 1 heterocycles. The number of piperidine rings is 1. The SMILES string of the molecule is CCNC(=NCc1ccc(C(=O)N2CCCCC2)cc1)NCc1ccc(C(F)(F)F)cc1. The predicted octanol–water partition coefficient (Wildman–Crippen LogP) is 4.59. The van der Waals surface area contributed by atoms with Crippen LogP contribution in [0, 0.1) is 0 Å². The highest BCUT2D eigenvalue weighted by atomic mass is 19.4. The molecule has 0 aliphatic carbocycles. The number of guanidine groups is 1. The van der Waals surface area contributed by atoms with Crippen LogP contribution in [-0.4, -0.2) is 36.4 Å². The summed E-state index contributed by atoms with van der Waals surface area (Å²) in [5, 5.41) is 6.26. The Hall–Kier alpha value is -3.03. The summed E-state index contributed by atoms with van der Waals surface area (Å²) < 4.78 is 38.1. The number of aliphatic imine (C=N–C) groups is 1. The third kappa shape index (κ3) is 6.73. The van der Waals surface area contributed by atoms with Crippen LogP contribution in [-0.2, 0) is 19.3 Å². The molecule has 1 aliphatic heterocycles. The van der Waals surface area contributed by atoms with Gasteiger partial charge in [0.2, 0.25) is 0 Å². The van der Waals surface area contributed by atoms with Gasteiger partial charge in [0.15, 0.2) is 5.96 Å². The Morgan fingerprint density at radius 1 is 0.938 bits per heavy atom. The summed E-state index contributed by atoms with van der Waals surface area (Å²) in [5.41, 5.74) is 1.71. The van der Waals surface area contributed by atoms with Crippen molar-refractivity contribution in [2.75, 3.05) is 19.6 Å². The third-order valence-electron chi connectivity index (χ3n) is 5.35. The van der Waals surface area contributed by atoms with E-state index in [0.717, 1.165) is 49.2 Å². The van der Waals surface area contributed by atoms with Gasteiger partial charge in [-0.1, -0.05) is 24.3 Å². The highest BCUT2D eigenvalue weighted by Crippen LogP contribution is 2.29. The largest absolute Gasteiger partial charge is 0.416 e. The van der Waals surface area contributed by atoms with Crippen LogP contribution in [0.3, 0.4) is 0 Å². The molecule has 8 heteroatoms. The number of alkyl halides is 3. The van der Waals surface area contributed by atoms with Gasteiger partial charge in [0.1, 0.15) is 0 Å². The summed E-state index contributed by atoms with van der Waals surface area (Å²) in [4.78, 5) is 19.0. The highest BCUT2D eigenvalue weighted by Gasteiger charge is 2.29. The minimum Gasteiger partial charge on any atom is -0.357 e. The fourth-order valence-corrected chi connectivity index (χ4v) is 3.54. The molecule has 2 aromatic carbocycles. The van der Waals surface area contributed by atoms with Crippen molar-refractivity contribution in [1.29, 1.82) is 0 Å². The fraction of sp³-hybridized carbons (Fsp3) is 0.417. The van der Waals surface area contributed by atoms with Crippen molar-refractivity contribution in [1.82, 2.24) is 15.5 Å². The topological polar surface area (TPSA) is 56.7 Å². The average molecular weight is 447 g/mol. The van der Waals surface area contributed by atoms with Crippen LogP contribution in [0.2, 0.25) is 0 Å². The van der Waals surface area contributed by atoms with E-state index in [2.05, 4.69) is 15.6 Å². The van der Waals surface area contributed by atoms with E-state index >= 15 is 0 Å². The molecule has 0 unspecified atom stereocenters. The highest BCUT2D eigenvalue weighted by molar-refractivity contribution is 5.94. The summed E-state index contributed by atoms with van der Waals surface area (Å²) in [6.45, 7) is 5.01. The van der Waals surface area contributed by atoms with E-state index in [1.54, 1.807) is 0 Å². The normalized spacial score (nSPS) is 14.9. The lowest BCUT2D eigenvalue weighted by Crippen LogP contribution is -2.36. The Morgan fingerprint density at radius 3 is 2.16 bits per heavy atom. The molecule has 1 fully saturated rings. The van der Waals surface area contributed by atoms with E-state index in [9.17, 15) is 18.0 Å². The number of hydrogen-bond donors (Lipinski definition) is 2. The number of rotatable bonds is 6. The Labute approximate surface area is 186 Å². The van der Waals surface area contributed by atoms with Crippen molar-refractivity contribution < 1.29 is 18.0 Å². The van der Waals surface area contributed by atoms with E-state index in [0.29, 0.717) is 31.2 Å². The Kier molecular flexibility index (Phi) is 8.14. The smallest absolute Gasteiger partial charge is 0.357 e. The number of halogens is 3. The lowest BCUT2D eigenvalue weighted by Gasteiger charge is -2.26. The van der Waals surface area contributed by atoms with Gasteiger partial charge in [0.05, 0.1) is 12.1 Å². The van der Waals surface area contributed by atoms with Crippen LogP contribution < -0.4 is 10.6 Å². The van der Waals surface area contributed by atoms with E-state index in [4.69, 9.17) is 0 Å². The van der Waals surface area contributed by atoms with E-state index in [1.165, 1.54) is 18.6 Å². The van der Waals surface area contributed by atoms with Crippen molar-refractivity contribution >= 4 is 11.9 Å². The number of nitrogens with one attached hydrogen (secondary N) is 2. The van der Waals surface area contributed by atoms with Crippen molar-refractivity contribution in [2.45, 2.75) is 45.5 Å². The van der Waals surface area contributed by atoms with Crippen molar-refractivity contribution in [3.63, 3.8) is 0 Å². The molecule has 0 radical (unpaired) electrons. The third-order valence-corrected chi connectivity index (χ3v) is 5.35. The van der Waals surface area contributed by atoms with Crippen LogP contribution in [0.15, 0.2) is 53.5 Å². The maximum absolute atomic E-state index is 12.7. The number of nitrogens with zero attached hydrogens (tertiary/aromatic N) is 2. The zero-order chi connectivity index (χ0) is 23.0. The predicted molar refractivity (Wildman–Crippen MR) is 119 cm³/mol. The molecule has 32 heavy (non-hydrogen) atoms. The van der Waals surface area contributed by atoms with Gasteiger partial charge < -0.3 is 15.5 Å². The maximum Gasteiger partial charge on any atom is 0.416 e. The van der Waals surface area contributed by atoms with Gasteiger partial charge in [0.25, 0.3) is 5.91 Å². The molecule has 1 aliphatic rings. The monoisotopic (exact) mass is 446 g/mol. The van der Waals surface area contributed by atoms with E-state index < -0.39 is 11.7 Å². The van der Waals surface area contributed by atoms with Gasteiger partial charge in [0, 0.05) is 31.7 Å². The molecule has 3 rings (SSSR count). The fourth-order valence-electron chi connectivity index (χ4n) is 3.54. The second-order valence-electron chi connectivity index (χ2n) is 7.79. The Morgan fingerprint density at radius 2 is 1.56 bits per heavy atom. The number of carbonyl (C=O) groups is 1. The van der Waals surface area contributed by atoms with Gasteiger partial charge in [-0.3, -0.25) is 4.79 Å². The van der Waals surface area contributed by atoms with Gasteiger partial charge in [-0.15, -0.1) is 0 Å². The summed E-state index contributed by atoms with van der Waals surface area (Å²) in [6, 6.07) is 12.5. The van der Waals surface area contributed by atoms with Crippen LogP contribution in [0.1, 0.15) is 53.2 Å². The van der Waals surface area contributed by atoms with E-state index in [1.807, 2.05) is 36.1 Å². The molecule has 0 atom stereocenters. The molecule has 5 nitrogen and oxygen atoms in total. The number of benzene rings is 2. The van der Waals surface area contributed by atoms with Crippen molar-refractivity contribution in [3.05, 3.63) is 70.8 Å². The van der Waals surface area contributed by atoms with Crippen molar-refractivity contribution in [2.24, 2.45) is 4.99 Å². The molecule has 2 aromatic rings. The first-order chi connectivity index (χ1) is 15.4. The molecule has 172 valence electrons. The average Bonchev–Trinajstić information content (AvgIpc) is 2.81. The minimum atomic E-state index is -4.34. The summed E-state index contributed by atoms with van der Waals surface area (Å²) in [6.07, 6.45) is -1.03. The molecular weight excluding hydrogens is 417 g/mol. The molecule has 1 saturated heterocycles. The standard InChI is InChI=1S/C24H29F3N4O/c1-2-28-23(30-17-19-8-12-21(13-9-19)24(25,26)27)29-16-18-6-10-20(11-7-18)22(32)31-14-4-3-5-15-31/h6-13H,2-5,14-17H2,1H3,(H2,28,29,30). The lowest BCUT2D eigenvalue weighted by atomic mass is 10.1. The first kappa shape index (κ1) is 23.6. The zero-order valence-electron chi connectivity index (χ0n) is 18.2. The minimum absolute atomic E-state index is 0.0753. The number of carbonyl (C=O) groups excluding carboxylic acids is 1.